The molecule has 46 heavy (non-hydrogen) atoms. The average Bonchev–Trinajstić information content (AvgIpc) is 3.80. The minimum absolute atomic E-state index is 0.0575. The summed E-state index contributed by atoms with van der Waals surface area (Å²) in [5.41, 5.74) is 6.18. The summed E-state index contributed by atoms with van der Waals surface area (Å²) in [6.07, 6.45) is 7.91. The van der Waals surface area contributed by atoms with Crippen molar-refractivity contribution in [3.63, 3.8) is 0 Å². The highest BCUT2D eigenvalue weighted by molar-refractivity contribution is 5.96. The molecule has 236 valence electrons. The third-order valence-electron chi connectivity index (χ3n) is 9.58. The molecule has 0 unspecified atom stereocenters. The van der Waals surface area contributed by atoms with Crippen LogP contribution in [0.4, 0.5) is 11.4 Å². The molecule has 2 aliphatic rings. The Labute approximate surface area is 273 Å². The summed E-state index contributed by atoms with van der Waals surface area (Å²) in [5.74, 6) is 0.115. The number of carbonyl (C=O) groups excluding carboxylic acids is 2. The van der Waals surface area contributed by atoms with Crippen molar-refractivity contribution in [1.82, 2.24) is 9.80 Å². The van der Waals surface area contributed by atoms with Gasteiger partial charge in [0.15, 0.2) is 0 Å². The molecular formula is C40H44N4O2. The molecule has 4 atom stereocenters. The number of nitrogens with zero attached hydrogens (tertiary/aromatic N) is 2. The van der Waals surface area contributed by atoms with Crippen LogP contribution in [0.3, 0.4) is 0 Å². The van der Waals surface area contributed by atoms with Crippen LogP contribution in [-0.4, -0.2) is 46.8 Å². The number of rotatable bonds is 10. The van der Waals surface area contributed by atoms with Gasteiger partial charge in [-0.15, -0.1) is 0 Å². The van der Waals surface area contributed by atoms with Gasteiger partial charge in [-0.05, 0) is 99.1 Å². The maximum Gasteiger partial charge on any atom is 0.241 e. The maximum atomic E-state index is 13.2. The van der Waals surface area contributed by atoms with Crippen LogP contribution >= 0.6 is 0 Å². The monoisotopic (exact) mass is 612 g/mol. The van der Waals surface area contributed by atoms with Crippen LogP contribution in [0.15, 0.2) is 109 Å². The molecule has 6 nitrogen and oxygen atoms in total. The molecule has 0 aromatic heterocycles. The van der Waals surface area contributed by atoms with E-state index in [9.17, 15) is 9.59 Å². The van der Waals surface area contributed by atoms with Crippen LogP contribution < -0.4 is 10.6 Å². The summed E-state index contributed by atoms with van der Waals surface area (Å²) in [6.45, 7) is 6.23. The quantitative estimate of drug-likeness (QED) is 0.177. The molecule has 2 amide bonds. The summed E-state index contributed by atoms with van der Waals surface area (Å²) in [4.78, 5) is 31.1. The molecule has 2 heterocycles. The molecule has 6 rings (SSSR count). The number of likely N-dealkylation sites (tertiary alicyclic amines) is 2. The third kappa shape index (κ3) is 7.47. The Morgan fingerprint density at radius 1 is 0.587 bits per heavy atom. The van der Waals surface area contributed by atoms with Crippen LogP contribution in [0.25, 0.3) is 12.2 Å². The van der Waals surface area contributed by atoms with Gasteiger partial charge in [0.05, 0.1) is 12.1 Å². The largest absolute Gasteiger partial charge is 0.325 e. The first-order chi connectivity index (χ1) is 22.5. The Morgan fingerprint density at radius 2 is 0.957 bits per heavy atom. The van der Waals surface area contributed by atoms with Crippen LogP contribution in [0.2, 0.25) is 0 Å². The second kappa shape index (κ2) is 14.7. The van der Waals surface area contributed by atoms with Gasteiger partial charge in [-0.2, -0.15) is 0 Å². The zero-order valence-electron chi connectivity index (χ0n) is 26.8. The molecule has 4 aromatic rings. The second-order valence-electron chi connectivity index (χ2n) is 12.5. The number of anilines is 2. The van der Waals surface area contributed by atoms with Gasteiger partial charge >= 0.3 is 0 Å². The second-order valence-corrected chi connectivity index (χ2v) is 12.5. The van der Waals surface area contributed by atoms with Crippen molar-refractivity contribution in [2.45, 2.75) is 63.7 Å². The summed E-state index contributed by atoms with van der Waals surface area (Å²) < 4.78 is 0. The van der Waals surface area contributed by atoms with Crippen molar-refractivity contribution in [1.29, 1.82) is 0 Å². The zero-order chi connectivity index (χ0) is 31.9. The standard InChI is InChI=1S/C40H44N4O2/c1-29(33-11-5-3-6-12-33)43-27-9-15-37(43)39(45)41-35-23-19-31(20-24-35)17-18-32-21-25-36(26-22-32)42-40(46)38-16-10-28-44(38)30(2)34-13-7-4-8-14-34/h3-8,11-14,17-26,29-30,37-38H,9-10,15-16,27-28H2,1-2H3,(H,41,45)(H,42,46)/b18-17+/t29-,30-,37-,38-/m0/s1. The highest BCUT2D eigenvalue weighted by Gasteiger charge is 2.35. The summed E-state index contributed by atoms with van der Waals surface area (Å²) in [6, 6.07) is 36.9. The van der Waals surface area contributed by atoms with Crippen LogP contribution in [0, 0.1) is 0 Å². The van der Waals surface area contributed by atoms with Crippen molar-refractivity contribution < 1.29 is 9.59 Å². The van der Waals surface area contributed by atoms with Gasteiger partial charge in [-0.25, -0.2) is 0 Å². The zero-order valence-corrected chi connectivity index (χ0v) is 26.8. The summed E-state index contributed by atoms with van der Waals surface area (Å²) >= 11 is 0. The molecule has 4 aromatic carbocycles. The number of nitrogens with one attached hydrogen (secondary N) is 2. The Kier molecular flexibility index (Phi) is 10.1. The molecule has 0 spiro atoms. The van der Waals surface area contributed by atoms with Gasteiger partial charge in [0.1, 0.15) is 0 Å². The molecule has 0 saturated carbocycles. The van der Waals surface area contributed by atoms with Crippen LogP contribution in [-0.2, 0) is 9.59 Å². The van der Waals surface area contributed by atoms with E-state index in [4.69, 9.17) is 0 Å². The Balaban J connectivity index is 1.01. The molecule has 2 aliphatic heterocycles. The number of carbonyl (C=O) groups is 2. The van der Waals surface area contributed by atoms with Gasteiger partial charge < -0.3 is 10.6 Å². The van der Waals surface area contributed by atoms with E-state index in [-0.39, 0.29) is 36.0 Å². The van der Waals surface area contributed by atoms with Gasteiger partial charge in [0.2, 0.25) is 11.8 Å². The van der Waals surface area contributed by atoms with E-state index in [1.165, 1.54) is 11.1 Å². The van der Waals surface area contributed by atoms with Crippen LogP contribution in [0.5, 0.6) is 0 Å². The molecule has 2 saturated heterocycles. The SMILES string of the molecule is C[C@@H](c1ccccc1)N1CCC[C@H]1C(=O)Nc1ccc(/C=C/c2ccc(NC(=O)[C@@H]3CCCN3[C@@H](C)c3ccccc3)cc2)cc1. The van der Waals surface area contributed by atoms with Gasteiger partial charge in [0, 0.05) is 23.5 Å². The van der Waals surface area contributed by atoms with Crippen molar-refractivity contribution in [2.75, 3.05) is 23.7 Å². The minimum atomic E-state index is -0.127. The van der Waals surface area contributed by atoms with E-state index < -0.39 is 0 Å². The van der Waals surface area contributed by atoms with Crippen molar-refractivity contribution in [2.24, 2.45) is 0 Å². The van der Waals surface area contributed by atoms with Crippen LogP contribution in [0.1, 0.15) is 73.9 Å². The number of amides is 2. The van der Waals surface area contributed by atoms with Gasteiger partial charge in [-0.3, -0.25) is 19.4 Å². The first-order valence-corrected chi connectivity index (χ1v) is 16.6. The predicted molar refractivity (Wildman–Crippen MR) is 188 cm³/mol. The van der Waals surface area contributed by atoms with E-state index in [1.807, 2.05) is 60.7 Å². The Hall–Kier alpha value is -4.52. The fourth-order valence-electron chi connectivity index (χ4n) is 6.91. The normalized spacial score (nSPS) is 20.0. The number of benzene rings is 4. The lowest BCUT2D eigenvalue weighted by Gasteiger charge is -2.30. The lowest BCUT2D eigenvalue weighted by Crippen LogP contribution is -2.41. The topological polar surface area (TPSA) is 64.7 Å². The van der Waals surface area contributed by atoms with Crippen molar-refractivity contribution >= 4 is 35.3 Å². The van der Waals surface area contributed by atoms with Gasteiger partial charge in [0.25, 0.3) is 0 Å². The molecule has 6 heteroatoms. The van der Waals surface area contributed by atoms with Gasteiger partial charge in [-0.1, -0.05) is 97.1 Å². The van der Waals surface area contributed by atoms with E-state index >= 15 is 0 Å². The van der Waals surface area contributed by atoms with E-state index in [2.05, 4.69) is 95.0 Å². The Bertz CT molecular complexity index is 1500. The van der Waals surface area contributed by atoms with E-state index in [1.54, 1.807) is 0 Å². The molecule has 0 radical (unpaired) electrons. The maximum absolute atomic E-state index is 13.2. The highest BCUT2D eigenvalue weighted by atomic mass is 16.2. The Morgan fingerprint density at radius 3 is 1.33 bits per heavy atom. The fourth-order valence-corrected chi connectivity index (χ4v) is 6.91. The lowest BCUT2D eigenvalue weighted by molar-refractivity contribution is -0.121. The van der Waals surface area contributed by atoms with E-state index in [0.29, 0.717) is 0 Å². The summed E-state index contributed by atoms with van der Waals surface area (Å²) in [7, 11) is 0. The number of hydrogen-bond acceptors (Lipinski definition) is 4. The molecular weight excluding hydrogens is 568 g/mol. The predicted octanol–water partition coefficient (Wildman–Crippen LogP) is 8.19. The minimum Gasteiger partial charge on any atom is -0.325 e. The summed E-state index contributed by atoms with van der Waals surface area (Å²) in [5, 5.41) is 6.28. The lowest BCUT2D eigenvalue weighted by atomic mass is 10.1. The molecule has 2 N–H and O–H groups in total. The highest BCUT2D eigenvalue weighted by Crippen LogP contribution is 2.31. The smallest absolute Gasteiger partial charge is 0.241 e. The van der Waals surface area contributed by atoms with Crippen molar-refractivity contribution in [3.8, 4) is 0 Å². The third-order valence-corrected chi connectivity index (χ3v) is 9.58. The molecule has 2 fully saturated rings. The average molecular weight is 613 g/mol. The first kappa shape index (κ1) is 31.5. The number of hydrogen-bond donors (Lipinski definition) is 2. The first-order valence-electron chi connectivity index (χ1n) is 16.6. The molecule has 0 aliphatic carbocycles. The van der Waals surface area contributed by atoms with Crippen molar-refractivity contribution in [3.05, 3.63) is 131 Å². The molecule has 0 bridgehead atoms. The fraction of sp³-hybridized carbons (Fsp3) is 0.300. The van der Waals surface area contributed by atoms with E-state index in [0.717, 1.165) is 61.3 Å².